The minimum absolute atomic E-state index is 0.701. The number of rotatable bonds is 5. The second-order valence-electron chi connectivity index (χ2n) is 2.54. The molecule has 0 radical (unpaired) electrons. The third kappa shape index (κ3) is 2.94. The molecular formula is C6H9F2NO4. The highest BCUT2D eigenvalue weighted by Crippen LogP contribution is 2.19. The summed E-state index contributed by atoms with van der Waals surface area (Å²) in [6, 6.07) is 0. The summed E-state index contributed by atoms with van der Waals surface area (Å²) in [7, 11) is 0. The monoisotopic (exact) mass is 197 g/mol. The van der Waals surface area contributed by atoms with Crippen molar-refractivity contribution in [1.82, 2.24) is 0 Å². The summed E-state index contributed by atoms with van der Waals surface area (Å²) in [6.07, 6.45) is -4.79. The predicted molar refractivity (Wildman–Crippen MR) is 37.4 cm³/mol. The average molecular weight is 197 g/mol. The van der Waals surface area contributed by atoms with E-state index in [1.54, 1.807) is 0 Å². The first kappa shape index (κ1) is 11.8. The van der Waals surface area contributed by atoms with Crippen molar-refractivity contribution < 1.29 is 28.6 Å². The Kier molecular flexibility index (Phi) is 3.73. The molecule has 5 nitrogen and oxygen atoms in total. The Morgan fingerprint density at radius 3 is 2.08 bits per heavy atom. The summed E-state index contributed by atoms with van der Waals surface area (Å²) in [4.78, 5) is 20.3. The lowest BCUT2D eigenvalue weighted by Gasteiger charge is -2.22. The van der Waals surface area contributed by atoms with Gasteiger partial charge in [0.25, 0.3) is 6.43 Å². The number of hydrogen-bond donors (Lipinski definition) is 3. The molecule has 7 heteroatoms. The fourth-order valence-electron chi connectivity index (χ4n) is 0.623. The van der Waals surface area contributed by atoms with Crippen molar-refractivity contribution in [2.24, 2.45) is 5.73 Å². The zero-order chi connectivity index (χ0) is 10.6. The minimum atomic E-state index is -3.29. The van der Waals surface area contributed by atoms with Gasteiger partial charge in [0.2, 0.25) is 0 Å². The van der Waals surface area contributed by atoms with Crippen LogP contribution < -0.4 is 5.73 Å². The lowest BCUT2D eigenvalue weighted by Crippen LogP contribution is -2.54. The minimum Gasteiger partial charge on any atom is -0.481 e. The second kappa shape index (κ2) is 4.13. The second-order valence-corrected chi connectivity index (χ2v) is 2.54. The number of hydrogen-bond acceptors (Lipinski definition) is 3. The molecule has 0 rings (SSSR count). The van der Waals surface area contributed by atoms with Crippen molar-refractivity contribution >= 4 is 11.9 Å². The molecule has 0 saturated carbocycles. The van der Waals surface area contributed by atoms with E-state index in [0.717, 1.165) is 0 Å². The molecule has 0 saturated heterocycles. The van der Waals surface area contributed by atoms with Crippen molar-refractivity contribution in [2.45, 2.75) is 24.8 Å². The Labute approximate surface area is 72.1 Å². The van der Waals surface area contributed by atoms with E-state index in [4.69, 9.17) is 15.9 Å². The van der Waals surface area contributed by atoms with E-state index < -0.39 is 36.7 Å². The highest BCUT2D eigenvalue weighted by Gasteiger charge is 2.43. The van der Waals surface area contributed by atoms with Crippen molar-refractivity contribution in [3.63, 3.8) is 0 Å². The predicted octanol–water partition coefficient (Wildman–Crippen LogP) is -0.102. The van der Waals surface area contributed by atoms with Crippen LogP contribution in [-0.2, 0) is 9.59 Å². The fourth-order valence-corrected chi connectivity index (χ4v) is 0.623. The topological polar surface area (TPSA) is 101 Å². The van der Waals surface area contributed by atoms with Crippen LogP contribution in [0.1, 0.15) is 12.8 Å². The maximum atomic E-state index is 12.1. The van der Waals surface area contributed by atoms with E-state index in [1.165, 1.54) is 0 Å². The van der Waals surface area contributed by atoms with Crippen LogP contribution in [0, 0.1) is 0 Å². The molecule has 0 aliphatic rings. The maximum absolute atomic E-state index is 12.1. The van der Waals surface area contributed by atoms with Crippen LogP contribution in [-0.4, -0.2) is 34.1 Å². The van der Waals surface area contributed by atoms with Crippen molar-refractivity contribution in [2.75, 3.05) is 0 Å². The van der Waals surface area contributed by atoms with Gasteiger partial charge < -0.3 is 15.9 Å². The summed E-state index contributed by atoms with van der Waals surface area (Å²) in [5.74, 6) is -3.26. The van der Waals surface area contributed by atoms with E-state index >= 15 is 0 Å². The number of nitrogens with two attached hydrogens (primary N) is 1. The van der Waals surface area contributed by atoms with Crippen molar-refractivity contribution in [3.8, 4) is 0 Å². The molecular weight excluding hydrogens is 188 g/mol. The Morgan fingerprint density at radius 2 is 1.85 bits per heavy atom. The molecule has 0 unspecified atom stereocenters. The average Bonchev–Trinajstić information content (AvgIpc) is 1.99. The zero-order valence-electron chi connectivity index (χ0n) is 6.54. The summed E-state index contributed by atoms with van der Waals surface area (Å²) in [6.45, 7) is 0. The fraction of sp³-hybridized carbons (Fsp3) is 0.667. The first-order valence-corrected chi connectivity index (χ1v) is 3.33. The lowest BCUT2D eigenvalue weighted by atomic mass is 9.95. The van der Waals surface area contributed by atoms with Gasteiger partial charge in [-0.2, -0.15) is 0 Å². The first-order valence-electron chi connectivity index (χ1n) is 3.33. The molecule has 1 atom stereocenters. The Balaban J connectivity index is 4.43. The van der Waals surface area contributed by atoms with Crippen LogP contribution in [0.4, 0.5) is 8.78 Å². The normalized spacial score (nSPS) is 15.4. The molecule has 0 spiro atoms. The number of alkyl halides is 2. The molecule has 13 heavy (non-hydrogen) atoms. The van der Waals surface area contributed by atoms with E-state index in [2.05, 4.69) is 0 Å². The third-order valence-corrected chi connectivity index (χ3v) is 1.54. The molecule has 0 aromatic rings. The van der Waals surface area contributed by atoms with Gasteiger partial charge in [-0.3, -0.25) is 4.79 Å². The van der Waals surface area contributed by atoms with E-state index in [1.807, 2.05) is 0 Å². The number of carboxylic acids is 2. The van der Waals surface area contributed by atoms with Gasteiger partial charge in [0.05, 0.1) is 0 Å². The van der Waals surface area contributed by atoms with Gasteiger partial charge in [0.1, 0.15) is 0 Å². The highest BCUT2D eigenvalue weighted by molar-refractivity contribution is 5.80. The first-order chi connectivity index (χ1) is 5.80. The lowest BCUT2D eigenvalue weighted by molar-refractivity contribution is -0.151. The van der Waals surface area contributed by atoms with Crippen LogP contribution in [0.3, 0.4) is 0 Å². The Hall–Kier alpha value is -1.24. The van der Waals surface area contributed by atoms with Gasteiger partial charge >= 0.3 is 11.9 Å². The van der Waals surface area contributed by atoms with Gasteiger partial charge in [-0.05, 0) is 6.42 Å². The molecule has 0 aliphatic carbocycles. The van der Waals surface area contributed by atoms with Crippen LogP contribution >= 0.6 is 0 Å². The highest BCUT2D eigenvalue weighted by atomic mass is 19.3. The molecule has 0 aromatic carbocycles. The van der Waals surface area contributed by atoms with Crippen LogP contribution in [0.15, 0.2) is 0 Å². The van der Waals surface area contributed by atoms with Crippen LogP contribution in [0.25, 0.3) is 0 Å². The quantitative estimate of drug-likeness (QED) is 0.571. The molecule has 76 valence electrons. The van der Waals surface area contributed by atoms with E-state index in [0.29, 0.717) is 0 Å². The molecule has 0 bridgehead atoms. The molecule has 0 aromatic heterocycles. The number of carboxylic acid groups (broad SMARTS) is 2. The Bertz CT molecular complexity index is 221. The summed E-state index contributed by atoms with van der Waals surface area (Å²) in [5, 5.41) is 16.5. The van der Waals surface area contributed by atoms with Gasteiger partial charge in [0, 0.05) is 6.42 Å². The summed E-state index contributed by atoms with van der Waals surface area (Å²) >= 11 is 0. The van der Waals surface area contributed by atoms with Gasteiger partial charge in [0.15, 0.2) is 5.54 Å². The molecule has 4 N–H and O–H groups in total. The maximum Gasteiger partial charge on any atom is 0.329 e. The molecule has 0 aliphatic heterocycles. The number of halogens is 2. The molecule has 0 amide bonds. The molecule has 0 heterocycles. The van der Waals surface area contributed by atoms with Crippen molar-refractivity contribution in [3.05, 3.63) is 0 Å². The Morgan fingerprint density at radius 1 is 1.38 bits per heavy atom. The van der Waals surface area contributed by atoms with E-state index in [9.17, 15) is 18.4 Å². The largest absolute Gasteiger partial charge is 0.481 e. The smallest absolute Gasteiger partial charge is 0.329 e. The standard InChI is InChI=1S/C6H9F2NO4/c7-4(8)6(9,5(12)13)2-1-3(10)11/h4H,1-2,9H2,(H,10,11)(H,12,13)/t6-/m0/s1. The third-order valence-electron chi connectivity index (χ3n) is 1.54. The summed E-state index contributed by atoms with van der Waals surface area (Å²) in [5.41, 5.74) is 2.05. The van der Waals surface area contributed by atoms with Crippen LogP contribution in [0.5, 0.6) is 0 Å². The number of aliphatic carboxylic acids is 2. The summed E-state index contributed by atoms with van der Waals surface area (Å²) < 4.78 is 24.2. The molecule has 0 fully saturated rings. The SMILES string of the molecule is N[C@](CCC(=O)O)(C(=O)O)C(F)F. The number of carbonyl (C=O) groups is 2. The van der Waals surface area contributed by atoms with Gasteiger partial charge in [-0.25, -0.2) is 13.6 Å². The van der Waals surface area contributed by atoms with Crippen molar-refractivity contribution in [1.29, 1.82) is 0 Å². The zero-order valence-corrected chi connectivity index (χ0v) is 6.54. The van der Waals surface area contributed by atoms with E-state index in [-0.39, 0.29) is 0 Å². The van der Waals surface area contributed by atoms with Crippen LogP contribution in [0.2, 0.25) is 0 Å². The van der Waals surface area contributed by atoms with Gasteiger partial charge in [-0.1, -0.05) is 0 Å². The van der Waals surface area contributed by atoms with Gasteiger partial charge in [-0.15, -0.1) is 0 Å².